The zero-order valence-electron chi connectivity index (χ0n) is 10.2. The highest BCUT2D eigenvalue weighted by molar-refractivity contribution is 5.86. The molecule has 4 heteroatoms. The van der Waals surface area contributed by atoms with Gasteiger partial charge in [0.25, 0.3) is 0 Å². The van der Waals surface area contributed by atoms with Crippen LogP contribution >= 0.6 is 12.4 Å². The van der Waals surface area contributed by atoms with Crippen LogP contribution in [0.5, 0.6) is 5.75 Å². The smallest absolute Gasteiger partial charge is 0.142 e. The normalized spacial score (nSPS) is 12.2. The number of hydrogen-bond acceptors (Lipinski definition) is 2. The zero-order valence-corrected chi connectivity index (χ0v) is 11.0. The molecule has 3 N–H and O–H groups in total. The fourth-order valence-electron chi connectivity index (χ4n) is 1.89. The second-order valence-electron chi connectivity index (χ2n) is 4.09. The highest BCUT2D eigenvalue weighted by Crippen LogP contribution is 2.25. The molecular weight excluding hydrogens is 236 g/mol. The van der Waals surface area contributed by atoms with Crippen LogP contribution in [-0.4, -0.2) is 18.1 Å². The first-order valence-corrected chi connectivity index (χ1v) is 5.64. The molecule has 1 aromatic heterocycles. The first-order valence-electron chi connectivity index (χ1n) is 5.64. The summed E-state index contributed by atoms with van der Waals surface area (Å²) in [5, 5.41) is 1.18. The van der Waals surface area contributed by atoms with Crippen LogP contribution in [0.1, 0.15) is 19.0 Å². The van der Waals surface area contributed by atoms with E-state index in [-0.39, 0.29) is 18.4 Å². The number of benzene rings is 1. The number of methoxy groups -OCH3 is 1. The number of H-pyrrole nitrogens is 1. The number of aromatic nitrogens is 1. The van der Waals surface area contributed by atoms with Crippen molar-refractivity contribution in [3.63, 3.8) is 0 Å². The number of nitrogens with one attached hydrogen (secondary N) is 1. The third kappa shape index (κ3) is 2.93. The predicted molar refractivity (Wildman–Crippen MR) is 74.1 cm³/mol. The maximum Gasteiger partial charge on any atom is 0.142 e. The fourth-order valence-corrected chi connectivity index (χ4v) is 1.89. The van der Waals surface area contributed by atoms with Crippen molar-refractivity contribution in [2.45, 2.75) is 25.8 Å². The second-order valence-corrected chi connectivity index (χ2v) is 4.09. The minimum atomic E-state index is 0. The monoisotopic (exact) mass is 254 g/mol. The van der Waals surface area contributed by atoms with Gasteiger partial charge in [0.15, 0.2) is 0 Å². The molecule has 17 heavy (non-hydrogen) atoms. The standard InChI is InChI=1S/C13H18N2O.ClH/c1-3-10(14)8-11-7-9-5-4-6-12(16-2)13(9)15-11;/h4-7,10,15H,3,8,14H2,1-2H3;1H. The third-order valence-electron chi connectivity index (χ3n) is 2.90. The summed E-state index contributed by atoms with van der Waals surface area (Å²) in [7, 11) is 1.69. The Bertz CT molecular complexity index is 481. The molecule has 0 fully saturated rings. The Morgan fingerprint density at radius 2 is 2.18 bits per heavy atom. The minimum Gasteiger partial charge on any atom is -0.495 e. The molecule has 0 aliphatic heterocycles. The fraction of sp³-hybridized carbons (Fsp3) is 0.385. The Balaban J connectivity index is 0.00000144. The molecule has 0 saturated heterocycles. The molecule has 94 valence electrons. The Kier molecular flexibility index (Phi) is 4.85. The lowest BCUT2D eigenvalue weighted by atomic mass is 10.1. The summed E-state index contributed by atoms with van der Waals surface area (Å²) in [5.74, 6) is 0.883. The largest absolute Gasteiger partial charge is 0.495 e. The summed E-state index contributed by atoms with van der Waals surface area (Å²) in [6, 6.07) is 8.41. The van der Waals surface area contributed by atoms with Crippen LogP contribution in [0.15, 0.2) is 24.3 Å². The van der Waals surface area contributed by atoms with E-state index in [9.17, 15) is 0 Å². The lowest BCUT2D eigenvalue weighted by Crippen LogP contribution is -2.21. The zero-order chi connectivity index (χ0) is 11.5. The summed E-state index contributed by atoms with van der Waals surface area (Å²) in [6.07, 6.45) is 1.88. The van der Waals surface area contributed by atoms with Crippen molar-refractivity contribution in [1.82, 2.24) is 4.98 Å². The summed E-state index contributed by atoms with van der Waals surface area (Å²) in [6.45, 7) is 2.11. The molecule has 3 nitrogen and oxygen atoms in total. The van der Waals surface area contributed by atoms with Crippen molar-refractivity contribution < 1.29 is 4.74 Å². The molecule has 1 heterocycles. The number of hydrogen-bond donors (Lipinski definition) is 2. The summed E-state index contributed by atoms with van der Waals surface area (Å²) in [4.78, 5) is 3.38. The molecule has 0 aliphatic rings. The molecule has 1 unspecified atom stereocenters. The molecule has 2 aromatic rings. The number of halogens is 1. The van der Waals surface area contributed by atoms with Crippen molar-refractivity contribution in [3.8, 4) is 5.75 Å². The van der Waals surface area contributed by atoms with Crippen LogP contribution in [0, 0.1) is 0 Å². The average molecular weight is 255 g/mol. The van der Waals surface area contributed by atoms with Gasteiger partial charge in [0.1, 0.15) is 5.75 Å². The third-order valence-corrected chi connectivity index (χ3v) is 2.90. The SMILES string of the molecule is CCC(N)Cc1cc2cccc(OC)c2[nH]1.Cl. The van der Waals surface area contributed by atoms with E-state index < -0.39 is 0 Å². The first kappa shape index (κ1) is 13.9. The van der Waals surface area contributed by atoms with Crippen molar-refractivity contribution in [2.24, 2.45) is 5.73 Å². The Labute approximate surface area is 108 Å². The van der Waals surface area contributed by atoms with Gasteiger partial charge in [-0.25, -0.2) is 0 Å². The van der Waals surface area contributed by atoms with E-state index >= 15 is 0 Å². The quantitative estimate of drug-likeness (QED) is 0.882. The van der Waals surface area contributed by atoms with Gasteiger partial charge in [0, 0.05) is 23.5 Å². The van der Waals surface area contributed by atoms with E-state index in [0.29, 0.717) is 0 Å². The Morgan fingerprint density at radius 3 is 2.82 bits per heavy atom. The molecule has 2 rings (SSSR count). The van der Waals surface area contributed by atoms with Gasteiger partial charge in [-0.15, -0.1) is 12.4 Å². The number of ether oxygens (including phenoxy) is 1. The minimum absolute atomic E-state index is 0. The Morgan fingerprint density at radius 1 is 1.41 bits per heavy atom. The number of nitrogens with two attached hydrogens (primary N) is 1. The lowest BCUT2D eigenvalue weighted by Gasteiger charge is -2.05. The second kappa shape index (κ2) is 5.94. The molecule has 0 amide bonds. The molecule has 0 aliphatic carbocycles. The molecule has 0 saturated carbocycles. The number of rotatable bonds is 4. The van der Waals surface area contributed by atoms with Gasteiger partial charge in [0.2, 0.25) is 0 Å². The van der Waals surface area contributed by atoms with E-state index in [1.54, 1.807) is 7.11 Å². The molecule has 1 aromatic carbocycles. The summed E-state index contributed by atoms with van der Waals surface area (Å²) in [5.41, 5.74) is 8.18. The maximum atomic E-state index is 5.95. The number of para-hydroxylation sites is 1. The van der Waals surface area contributed by atoms with Gasteiger partial charge < -0.3 is 15.5 Å². The van der Waals surface area contributed by atoms with Crippen molar-refractivity contribution in [1.29, 1.82) is 0 Å². The predicted octanol–water partition coefficient (Wildman–Crippen LogP) is 2.88. The first-order chi connectivity index (χ1) is 7.74. The van der Waals surface area contributed by atoms with Gasteiger partial charge >= 0.3 is 0 Å². The topological polar surface area (TPSA) is 51.0 Å². The van der Waals surface area contributed by atoms with Crippen LogP contribution < -0.4 is 10.5 Å². The van der Waals surface area contributed by atoms with Crippen molar-refractivity contribution in [3.05, 3.63) is 30.0 Å². The number of aromatic amines is 1. The van der Waals surface area contributed by atoms with Crippen molar-refractivity contribution >= 4 is 23.3 Å². The molecule has 0 radical (unpaired) electrons. The average Bonchev–Trinajstić information content (AvgIpc) is 2.70. The van der Waals surface area contributed by atoms with Crippen LogP contribution in [0.3, 0.4) is 0 Å². The molecule has 1 atom stereocenters. The van der Waals surface area contributed by atoms with Crippen molar-refractivity contribution in [2.75, 3.05) is 7.11 Å². The lowest BCUT2D eigenvalue weighted by molar-refractivity contribution is 0.419. The van der Waals surface area contributed by atoms with Crippen LogP contribution in [0.2, 0.25) is 0 Å². The van der Waals surface area contributed by atoms with Crippen LogP contribution in [0.4, 0.5) is 0 Å². The van der Waals surface area contributed by atoms with Crippen LogP contribution in [-0.2, 0) is 6.42 Å². The number of fused-ring (bicyclic) bond motifs is 1. The van der Waals surface area contributed by atoms with Gasteiger partial charge in [-0.05, 0) is 18.6 Å². The molecule has 0 bridgehead atoms. The van der Waals surface area contributed by atoms with Gasteiger partial charge in [-0.2, -0.15) is 0 Å². The van der Waals surface area contributed by atoms with E-state index in [2.05, 4.69) is 24.0 Å². The van der Waals surface area contributed by atoms with E-state index in [4.69, 9.17) is 10.5 Å². The molecular formula is C13H19ClN2O. The van der Waals surface area contributed by atoms with Crippen LogP contribution in [0.25, 0.3) is 10.9 Å². The van der Waals surface area contributed by atoms with Gasteiger partial charge in [-0.1, -0.05) is 19.1 Å². The van der Waals surface area contributed by atoms with Gasteiger partial charge in [-0.3, -0.25) is 0 Å². The Hall–Kier alpha value is -1.19. The van der Waals surface area contributed by atoms with E-state index in [1.807, 2.05) is 12.1 Å². The highest BCUT2D eigenvalue weighted by atomic mass is 35.5. The van der Waals surface area contributed by atoms with E-state index in [1.165, 1.54) is 11.1 Å². The molecule has 0 spiro atoms. The van der Waals surface area contributed by atoms with E-state index in [0.717, 1.165) is 24.1 Å². The highest BCUT2D eigenvalue weighted by Gasteiger charge is 2.07. The summed E-state index contributed by atoms with van der Waals surface area (Å²) >= 11 is 0. The van der Waals surface area contributed by atoms with Gasteiger partial charge in [0.05, 0.1) is 12.6 Å². The maximum absolute atomic E-state index is 5.95. The summed E-state index contributed by atoms with van der Waals surface area (Å²) < 4.78 is 5.31.